The van der Waals surface area contributed by atoms with Crippen molar-refractivity contribution in [3.8, 4) is 0 Å². The molecule has 0 aliphatic rings. The molecule has 0 saturated carbocycles. The molecule has 2 rings (SSSR count). The van der Waals surface area contributed by atoms with E-state index in [0.717, 1.165) is 40.1 Å². The summed E-state index contributed by atoms with van der Waals surface area (Å²) in [6.07, 6.45) is 3.24. The van der Waals surface area contributed by atoms with Gasteiger partial charge in [-0.15, -0.1) is 0 Å². The Balaban J connectivity index is 2.43. The monoisotopic (exact) mass is 275 g/mol. The molecule has 0 fully saturated rings. The third-order valence-corrected chi connectivity index (χ3v) is 3.92. The number of thioether (sulfide) groups is 1. The van der Waals surface area contributed by atoms with E-state index in [9.17, 15) is 0 Å². The van der Waals surface area contributed by atoms with Gasteiger partial charge in [0.2, 0.25) is 0 Å². The number of hydrogen-bond acceptors (Lipinski definition) is 4. The van der Waals surface area contributed by atoms with Crippen molar-refractivity contribution in [3.05, 3.63) is 30.0 Å². The second-order valence-corrected chi connectivity index (χ2v) is 5.70. The van der Waals surface area contributed by atoms with E-state index in [1.807, 2.05) is 36.9 Å². The van der Waals surface area contributed by atoms with Crippen molar-refractivity contribution in [2.45, 2.75) is 26.3 Å². The van der Waals surface area contributed by atoms with Crippen LogP contribution in [-0.4, -0.2) is 23.0 Å². The van der Waals surface area contributed by atoms with Gasteiger partial charge in [-0.05, 0) is 43.9 Å². The molecular weight excluding hydrogens is 254 g/mol. The first-order chi connectivity index (χ1) is 9.13. The number of benzene rings is 1. The number of fused-ring (bicyclic) bond motifs is 1. The van der Waals surface area contributed by atoms with Crippen LogP contribution in [-0.2, 0) is 0 Å². The average Bonchev–Trinajstić information content (AvgIpc) is 2.39. The molecule has 1 heterocycles. The summed E-state index contributed by atoms with van der Waals surface area (Å²) in [6, 6.07) is 8.46. The number of nitrogens with zero attached hydrogens (tertiary/aromatic N) is 1. The van der Waals surface area contributed by atoms with E-state index in [1.165, 1.54) is 0 Å². The normalized spacial score (nSPS) is 12.6. The second kappa shape index (κ2) is 6.15. The van der Waals surface area contributed by atoms with Crippen molar-refractivity contribution in [3.63, 3.8) is 0 Å². The van der Waals surface area contributed by atoms with Gasteiger partial charge in [-0.25, -0.2) is 0 Å². The van der Waals surface area contributed by atoms with E-state index in [4.69, 9.17) is 5.73 Å². The molecule has 0 spiro atoms. The summed E-state index contributed by atoms with van der Waals surface area (Å²) in [6.45, 7) is 4.23. The zero-order valence-electron chi connectivity index (χ0n) is 11.7. The number of aryl methyl sites for hydroxylation is 1. The summed E-state index contributed by atoms with van der Waals surface area (Å²) in [7, 11) is 0. The van der Waals surface area contributed by atoms with Crippen LogP contribution in [0.5, 0.6) is 0 Å². The first kappa shape index (κ1) is 14.0. The molecule has 1 aromatic carbocycles. The fraction of sp³-hybridized carbons (Fsp3) is 0.400. The Morgan fingerprint density at radius 3 is 2.84 bits per heavy atom. The highest BCUT2D eigenvalue weighted by Crippen LogP contribution is 2.26. The molecule has 1 aromatic heterocycles. The van der Waals surface area contributed by atoms with Gasteiger partial charge in [0.15, 0.2) is 0 Å². The fourth-order valence-corrected chi connectivity index (χ4v) is 2.90. The lowest BCUT2D eigenvalue weighted by Crippen LogP contribution is -2.21. The first-order valence-corrected chi connectivity index (χ1v) is 7.95. The smallest absolute Gasteiger partial charge is 0.0727 e. The number of anilines is 2. The minimum absolute atomic E-state index is 0.474. The van der Waals surface area contributed by atoms with E-state index in [2.05, 4.69) is 29.5 Å². The van der Waals surface area contributed by atoms with Gasteiger partial charge < -0.3 is 11.1 Å². The number of nitrogens with two attached hydrogens (primary N) is 1. The van der Waals surface area contributed by atoms with Gasteiger partial charge in [0.25, 0.3) is 0 Å². The zero-order chi connectivity index (χ0) is 13.8. The van der Waals surface area contributed by atoms with Crippen molar-refractivity contribution in [2.75, 3.05) is 23.1 Å². The maximum Gasteiger partial charge on any atom is 0.0727 e. The van der Waals surface area contributed by atoms with Crippen molar-refractivity contribution in [2.24, 2.45) is 0 Å². The molecule has 0 saturated heterocycles. The largest absolute Gasteiger partial charge is 0.399 e. The summed E-state index contributed by atoms with van der Waals surface area (Å²) >= 11 is 1.86. The number of aromatic nitrogens is 1. The Hall–Kier alpha value is -1.42. The van der Waals surface area contributed by atoms with E-state index < -0.39 is 0 Å². The summed E-state index contributed by atoms with van der Waals surface area (Å²) in [5.74, 6) is 1.10. The number of nitrogens with one attached hydrogen (secondary N) is 1. The SMILES string of the molecule is CCC(CSC)Nc1cc(C)nc2ccc(N)cc12. The topological polar surface area (TPSA) is 50.9 Å². The van der Waals surface area contributed by atoms with Crippen molar-refractivity contribution in [1.82, 2.24) is 4.98 Å². The van der Waals surface area contributed by atoms with Crippen LogP contribution in [0, 0.1) is 6.92 Å². The highest BCUT2D eigenvalue weighted by atomic mass is 32.2. The van der Waals surface area contributed by atoms with Gasteiger partial charge in [-0.2, -0.15) is 11.8 Å². The van der Waals surface area contributed by atoms with E-state index in [1.54, 1.807) is 0 Å². The zero-order valence-corrected chi connectivity index (χ0v) is 12.6. The summed E-state index contributed by atoms with van der Waals surface area (Å²) in [4.78, 5) is 4.56. The molecule has 4 heteroatoms. The minimum Gasteiger partial charge on any atom is -0.399 e. The number of pyridine rings is 1. The number of hydrogen-bond donors (Lipinski definition) is 2. The molecule has 19 heavy (non-hydrogen) atoms. The van der Waals surface area contributed by atoms with Crippen molar-refractivity contribution >= 4 is 34.0 Å². The predicted octanol–water partition coefficient (Wildman–Crippen LogP) is 3.68. The lowest BCUT2D eigenvalue weighted by molar-refractivity contribution is 0.776. The lowest BCUT2D eigenvalue weighted by atomic mass is 10.1. The lowest BCUT2D eigenvalue weighted by Gasteiger charge is -2.19. The molecule has 1 unspecified atom stereocenters. The van der Waals surface area contributed by atoms with E-state index in [0.29, 0.717) is 6.04 Å². The molecule has 3 N–H and O–H groups in total. The summed E-state index contributed by atoms with van der Waals surface area (Å²) in [5, 5.41) is 4.73. The third-order valence-electron chi connectivity index (χ3n) is 3.18. The van der Waals surface area contributed by atoms with Gasteiger partial charge >= 0.3 is 0 Å². The van der Waals surface area contributed by atoms with Gasteiger partial charge in [0.05, 0.1) is 5.52 Å². The minimum atomic E-state index is 0.474. The summed E-state index contributed by atoms with van der Waals surface area (Å²) in [5.41, 5.74) is 9.83. The molecule has 3 nitrogen and oxygen atoms in total. The molecule has 102 valence electrons. The highest BCUT2D eigenvalue weighted by Gasteiger charge is 2.09. The van der Waals surface area contributed by atoms with Crippen LogP contribution in [0.3, 0.4) is 0 Å². The van der Waals surface area contributed by atoms with Crippen LogP contribution < -0.4 is 11.1 Å². The molecule has 2 aromatic rings. The molecule has 0 radical (unpaired) electrons. The fourth-order valence-electron chi connectivity index (χ4n) is 2.18. The van der Waals surface area contributed by atoms with Gasteiger partial charge in [-0.1, -0.05) is 6.92 Å². The third kappa shape index (κ3) is 3.32. The Bertz CT molecular complexity index is 569. The highest BCUT2D eigenvalue weighted by molar-refractivity contribution is 7.98. The van der Waals surface area contributed by atoms with Gasteiger partial charge in [0.1, 0.15) is 0 Å². The standard InChI is InChI=1S/C15H21N3S/c1-4-12(9-19-3)18-15-7-10(2)17-14-6-5-11(16)8-13(14)15/h5-8,12H,4,9,16H2,1-3H3,(H,17,18). The average molecular weight is 275 g/mol. The van der Waals surface area contributed by atoms with Gasteiger partial charge in [0, 0.05) is 34.2 Å². The van der Waals surface area contributed by atoms with Crippen molar-refractivity contribution in [1.29, 1.82) is 0 Å². The number of rotatable bonds is 5. The summed E-state index contributed by atoms with van der Waals surface area (Å²) < 4.78 is 0. The second-order valence-electron chi connectivity index (χ2n) is 4.79. The predicted molar refractivity (Wildman–Crippen MR) is 87.0 cm³/mol. The Morgan fingerprint density at radius 2 is 2.16 bits per heavy atom. The maximum absolute atomic E-state index is 5.89. The molecule has 1 atom stereocenters. The first-order valence-electron chi connectivity index (χ1n) is 6.56. The molecular formula is C15H21N3S. The van der Waals surface area contributed by atoms with E-state index in [-0.39, 0.29) is 0 Å². The molecule has 0 amide bonds. The van der Waals surface area contributed by atoms with Crippen molar-refractivity contribution < 1.29 is 0 Å². The van der Waals surface area contributed by atoms with Crippen LogP contribution in [0.4, 0.5) is 11.4 Å². The molecule has 0 bridgehead atoms. The van der Waals surface area contributed by atoms with Crippen LogP contribution in [0.25, 0.3) is 10.9 Å². The van der Waals surface area contributed by atoms with Crippen LogP contribution in [0.15, 0.2) is 24.3 Å². The quantitative estimate of drug-likeness (QED) is 0.817. The Labute approximate surface area is 119 Å². The number of nitrogen functional groups attached to an aromatic ring is 1. The Morgan fingerprint density at radius 1 is 1.37 bits per heavy atom. The molecule has 0 aliphatic heterocycles. The molecule has 0 aliphatic carbocycles. The van der Waals surface area contributed by atoms with Crippen LogP contribution >= 0.6 is 11.8 Å². The van der Waals surface area contributed by atoms with Crippen LogP contribution in [0.1, 0.15) is 19.0 Å². The van der Waals surface area contributed by atoms with Crippen LogP contribution in [0.2, 0.25) is 0 Å². The van der Waals surface area contributed by atoms with E-state index >= 15 is 0 Å². The Kier molecular flexibility index (Phi) is 4.53. The maximum atomic E-state index is 5.89. The van der Waals surface area contributed by atoms with Gasteiger partial charge in [-0.3, -0.25) is 4.98 Å².